The minimum Gasteiger partial charge on any atom is -1.00 e. The normalized spacial score (nSPS) is 11.3. The molecule has 30 heavy (non-hydrogen) atoms. The first-order valence-corrected chi connectivity index (χ1v) is 8.70. The van der Waals surface area contributed by atoms with Crippen molar-refractivity contribution in [3.8, 4) is 11.5 Å². The minimum atomic E-state index is -0.996. The van der Waals surface area contributed by atoms with Gasteiger partial charge in [-0.15, -0.1) is 0 Å². The SMILES string of the molecule is C1CCOC1.COc1ccc(C(=O)O)cc1N.COc1ccc(CO)cc1N.[AlH3].[H-].[Li+]. The molecule has 1 heterocycles. The summed E-state index contributed by atoms with van der Waals surface area (Å²) >= 11 is 0. The van der Waals surface area contributed by atoms with Gasteiger partial charge in [-0.1, -0.05) is 6.07 Å². The van der Waals surface area contributed by atoms with E-state index in [9.17, 15) is 4.79 Å². The van der Waals surface area contributed by atoms with Gasteiger partial charge in [0, 0.05) is 13.2 Å². The quantitative estimate of drug-likeness (QED) is 0.339. The summed E-state index contributed by atoms with van der Waals surface area (Å²) in [6.45, 7) is 2.01. The topological polar surface area (TPSA) is 137 Å². The van der Waals surface area contributed by atoms with Crippen LogP contribution in [-0.4, -0.2) is 61.0 Å². The summed E-state index contributed by atoms with van der Waals surface area (Å²) in [6.07, 6.45) is 2.56. The summed E-state index contributed by atoms with van der Waals surface area (Å²) in [4.78, 5) is 10.5. The van der Waals surface area contributed by atoms with Crippen molar-refractivity contribution in [1.29, 1.82) is 0 Å². The van der Waals surface area contributed by atoms with Gasteiger partial charge in [-0.25, -0.2) is 4.79 Å². The molecule has 1 fully saturated rings. The van der Waals surface area contributed by atoms with Gasteiger partial charge >= 0.3 is 24.8 Å². The van der Waals surface area contributed by atoms with Crippen LogP contribution in [0.5, 0.6) is 11.5 Å². The van der Waals surface area contributed by atoms with Crippen molar-refractivity contribution in [1.82, 2.24) is 0 Å². The molecule has 2 aromatic carbocycles. The Morgan fingerprint density at radius 2 is 1.53 bits per heavy atom. The third-order valence-electron chi connectivity index (χ3n) is 3.78. The number of ether oxygens (including phenoxy) is 3. The Labute approximate surface area is 201 Å². The average Bonchev–Trinajstić information content (AvgIpc) is 3.28. The van der Waals surface area contributed by atoms with Crippen molar-refractivity contribution in [2.24, 2.45) is 0 Å². The van der Waals surface area contributed by atoms with E-state index < -0.39 is 5.97 Å². The maximum absolute atomic E-state index is 10.5. The fraction of sp³-hybridized carbons (Fsp3) is 0.350. The standard InChI is InChI=1S/C8H9NO3.C8H11NO2.C4H8O.Al.Li.4H/c1-12-7-3-2-5(8(10)11)4-6(7)9;1-11-8-3-2-6(5-10)4-7(8)9;1-2-4-5-3-1;;;;;;/h2-4H,9H2,1H3,(H,10,11);2-4,10H,5,9H2,1H3;1-4H2;;;;;;/q;;;;+1;;;;-1. The average molecular weight is 430 g/mol. The Kier molecular flexibility index (Phi) is 17.1. The van der Waals surface area contributed by atoms with Crippen molar-refractivity contribution in [3.05, 3.63) is 47.5 Å². The zero-order chi connectivity index (χ0) is 20.9. The molecule has 0 spiro atoms. The second-order valence-electron chi connectivity index (χ2n) is 5.82. The maximum Gasteiger partial charge on any atom is 1.00 e. The van der Waals surface area contributed by atoms with Crippen LogP contribution in [0.4, 0.5) is 11.4 Å². The van der Waals surface area contributed by atoms with E-state index in [2.05, 4.69) is 0 Å². The molecule has 6 N–H and O–H groups in total. The molecule has 0 aromatic heterocycles. The summed E-state index contributed by atoms with van der Waals surface area (Å²) in [6, 6.07) is 9.53. The van der Waals surface area contributed by atoms with Crippen LogP contribution in [-0.2, 0) is 11.3 Å². The van der Waals surface area contributed by atoms with Crippen LogP contribution in [0.1, 0.15) is 30.2 Å². The number of hydrogen-bond acceptors (Lipinski definition) is 7. The molecule has 0 atom stereocenters. The van der Waals surface area contributed by atoms with Gasteiger partial charge in [-0.05, 0) is 48.7 Å². The van der Waals surface area contributed by atoms with Gasteiger partial charge in [0.1, 0.15) is 11.5 Å². The molecule has 10 heteroatoms. The van der Waals surface area contributed by atoms with Gasteiger partial charge in [0.25, 0.3) is 0 Å². The predicted molar refractivity (Wildman–Crippen MR) is 119 cm³/mol. The van der Waals surface area contributed by atoms with Gasteiger partial charge in [-0.2, -0.15) is 0 Å². The van der Waals surface area contributed by atoms with Gasteiger partial charge in [0.05, 0.1) is 37.8 Å². The summed E-state index contributed by atoms with van der Waals surface area (Å²) in [5.74, 6) is 0.131. The molecular weight excluding hydrogens is 398 g/mol. The number of aromatic carboxylic acids is 1. The second kappa shape index (κ2) is 16.9. The Morgan fingerprint density at radius 3 is 1.87 bits per heavy atom. The zero-order valence-electron chi connectivity index (χ0n) is 18.2. The predicted octanol–water partition coefficient (Wildman–Crippen LogP) is -1.53. The van der Waals surface area contributed by atoms with Crippen molar-refractivity contribution in [3.63, 3.8) is 0 Å². The second-order valence-corrected chi connectivity index (χ2v) is 5.82. The van der Waals surface area contributed by atoms with Crippen LogP contribution >= 0.6 is 0 Å². The molecule has 1 saturated heterocycles. The Morgan fingerprint density at radius 1 is 1.03 bits per heavy atom. The first-order chi connectivity index (χ1) is 13.4. The molecule has 0 saturated carbocycles. The number of carboxylic acid groups (broad SMARTS) is 1. The molecule has 8 nitrogen and oxygen atoms in total. The smallest absolute Gasteiger partial charge is 1.00 e. The number of nitrogens with two attached hydrogens (primary N) is 2. The van der Waals surface area contributed by atoms with Crippen LogP contribution in [0.15, 0.2) is 36.4 Å². The fourth-order valence-corrected chi connectivity index (χ4v) is 2.26. The number of carboxylic acids is 1. The van der Waals surface area contributed by atoms with Gasteiger partial charge in [-0.3, -0.25) is 0 Å². The van der Waals surface area contributed by atoms with E-state index in [1.807, 2.05) is 0 Å². The van der Waals surface area contributed by atoms with Crippen LogP contribution < -0.4 is 39.8 Å². The number of aliphatic hydroxyl groups excluding tert-OH is 1. The first-order valence-electron chi connectivity index (χ1n) is 8.70. The Balaban J connectivity index is -0.000000385. The maximum atomic E-state index is 10.5. The van der Waals surface area contributed by atoms with Crippen LogP contribution in [0, 0.1) is 0 Å². The molecule has 1 aliphatic rings. The largest absolute Gasteiger partial charge is 1.00 e. The monoisotopic (exact) mass is 430 g/mol. The third kappa shape index (κ3) is 10.8. The third-order valence-corrected chi connectivity index (χ3v) is 3.78. The first kappa shape index (κ1) is 30.4. The summed E-state index contributed by atoms with van der Waals surface area (Å²) in [7, 11) is 3.04. The van der Waals surface area contributed by atoms with Gasteiger partial charge < -0.3 is 37.3 Å². The van der Waals surface area contributed by atoms with E-state index in [0.717, 1.165) is 18.8 Å². The van der Waals surface area contributed by atoms with Crippen molar-refractivity contribution in [2.45, 2.75) is 19.4 Å². The summed E-state index contributed by atoms with van der Waals surface area (Å²) in [5, 5.41) is 17.3. The number of rotatable bonds is 4. The van der Waals surface area contributed by atoms with Gasteiger partial charge in [0.15, 0.2) is 17.4 Å². The number of aliphatic hydroxyl groups is 1. The van der Waals surface area contributed by atoms with Crippen molar-refractivity contribution < 1.29 is 49.5 Å². The van der Waals surface area contributed by atoms with Crippen LogP contribution in [0.2, 0.25) is 0 Å². The van der Waals surface area contributed by atoms with E-state index in [-0.39, 0.29) is 49.8 Å². The van der Waals surface area contributed by atoms with E-state index >= 15 is 0 Å². The molecular formula is C20H32AlLiN2O6. The fourth-order valence-electron chi connectivity index (χ4n) is 2.26. The zero-order valence-corrected chi connectivity index (χ0v) is 17.2. The van der Waals surface area contributed by atoms with Crippen molar-refractivity contribution in [2.75, 3.05) is 38.9 Å². The number of carbonyl (C=O) groups is 1. The molecule has 0 radical (unpaired) electrons. The molecule has 0 bridgehead atoms. The van der Waals surface area contributed by atoms with Crippen molar-refractivity contribution >= 4 is 34.7 Å². The van der Waals surface area contributed by atoms with E-state index in [0.29, 0.717) is 22.9 Å². The Hall–Kier alpha value is -1.84. The van der Waals surface area contributed by atoms with E-state index in [4.69, 9.17) is 35.9 Å². The number of benzene rings is 2. The molecule has 0 aliphatic carbocycles. The molecule has 0 amide bonds. The van der Waals surface area contributed by atoms with Crippen LogP contribution in [0.25, 0.3) is 0 Å². The number of methoxy groups -OCH3 is 2. The van der Waals surface area contributed by atoms with Crippen LogP contribution in [0.3, 0.4) is 0 Å². The van der Waals surface area contributed by atoms with Gasteiger partial charge in [0.2, 0.25) is 0 Å². The molecule has 3 rings (SSSR count). The molecule has 2 aromatic rings. The number of anilines is 2. The number of nitrogen functional groups attached to an aromatic ring is 2. The molecule has 0 unspecified atom stereocenters. The Bertz CT molecular complexity index is 759. The van der Waals surface area contributed by atoms with E-state index in [1.165, 1.54) is 38.2 Å². The number of hydrogen-bond donors (Lipinski definition) is 4. The summed E-state index contributed by atoms with van der Waals surface area (Å²) < 4.78 is 14.7. The molecule has 162 valence electrons. The molecule has 1 aliphatic heterocycles. The summed E-state index contributed by atoms with van der Waals surface area (Å²) in [5.41, 5.74) is 12.9. The minimum absolute atomic E-state index is 0. The van der Waals surface area contributed by atoms with E-state index in [1.54, 1.807) is 25.3 Å².